The molecule has 0 aliphatic carbocycles. The zero-order valence-electron chi connectivity index (χ0n) is 9.44. The van der Waals surface area contributed by atoms with Crippen LogP contribution in [-0.4, -0.2) is 0 Å². The fourth-order valence-corrected chi connectivity index (χ4v) is 3.08. The van der Waals surface area contributed by atoms with Crippen LogP contribution in [-0.2, 0) is 0 Å². The van der Waals surface area contributed by atoms with Crippen molar-refractivity contribution in [1.82, 2.24) is 0 Å². The van der Waals surface area contributed by atoms with Gasteiger partial charge in [-0.25, -0.2) is 0 Å². The second-order valence-corrected chi connectivity index (χ2v) is 5.99. The Hall–Kier alpha value is -1.12. The van der Waals surface area contributed by atoms with Crippen molar-refractivity contribution in [2.24, 2.45) is 0 Å². The monoisotopic (exact) mass is 246 g/mol. The molecule has 0 N–H and O–H groups in total. The zero-order valence-corrected chi connectivity index (χ0v) is 11.1. The molecule has 0 spiro atoms. The van der Waals surface area contributed by atoms with Crippen molar-refractivity contribution in [1.29, 1.82) is 0 Å². The van der Waals surface area contributed by atoms with Gasteiger partial charge in [0.25, 0.3) is 0 Å². The average Bonchev–Trinajstić information content (AvgIpc) is 2.85. The van der Waals surface area contributed by atoms with Crippen LogP contribution in [0.3, 0.4) is 0 Å². The lowest BCUT2D eigenvalue weighted by Crippen LogP contribution is -1.57. The van der Waals surface area contributed by atoms with Crippen LogP contribution in [0.2, 0.25) is 0 Å². The molecule has 2 heterocycles. The minimum atomic E-state index is 1.30. The van der Waals surface area contributed by atoms with Gasteiger partial charge in [0.2, 0.25) is 0 Å². The molecule has 0 unspecified atom stereocenters. The first-order valence-electron chi connectivity index (χ1n) is 5.25. The first kappa shape index (κ1) is 11.4. The first-order valence-corrected chi connectivity index (χ1v) is 6.88. The van der Waals surface area contributed by atoms with E-state index in [1.165, 1.54) is 19.5 Å². The molecule has 0 saturated heterocycles. The maximum Gasteiger partial charge on any atom is 0.0277 e. The van der Waals surface area contributed by atoms with Crippen molar-refractivity contribution in [2.45, 2.75) is 13.8 Å². The topological polar surface area (TPSA) is 0 Å². The van der Waals surface area contributed by atoms with E-state index < -0.39 is 0 Å². The Balaban J connectivity index is 2.11. The summed E-state index contributed by atoms with van der Waals surface area (Å²) in [6.07, 6.45) is 8.57. The molecule has 0 fully saturated rings. The zero-order chi connectivity index (χ0) is 11.4. The summed E-state index contributed by atoms with van der Waals surface area (Å²) in [5.41, 5.74) is 0. The fraction of sp³-hybridized carbons (Fsp3) is 0.143. The summed E-state index contributed by atoms with van der Waals surface area (Å²) in [4.78, 5) is 5.29. The van der Waals surface area contributed by atoms with Gasteiger partial charge in [0.05, 0.1) is 0 Å². The Bertz CT molecular complexity index is 512. The highest BCUT2D eigenvalue weighted by atomic mass is 32.1. The van der Waals surface area contributed by atoms with Gasteiger partial charge in [0.1, 0.15) is 0 Å². The maximum atomic E-state index is 2.18. The van der Waals surface area contributed by atoms with Crippen LogP contribution in [0.4, 0.5) is 0 Å². The van der Waals surface area contributed by atoms with Gasteiger partial charge in [-0.15, -0.1) is 22.7 Å². The van der Waals surface area contributed by atoms with Crippen molar-refractivity contribution >= 4 is 40.9 Å². The molecule has 0 nitrogen and oxygen atoms in total. The highest BCUT2D eigenvalue weighted by Gasteiger charge is 1.94. The summed E-state index contributed by atoms with van der Waals surface area (Å²) in [7, 11) is 0. The van der Waals surface area contributed by atoms with Crippen molar-refractivity contribution in [2.75, 3.05) is 0 Å². The van der Waals surface area contributed by atoms with Gasteiger partial charge in [-0.1, -0.05) is 6.08 Å². The fourth-order valence-electron chi connectivity index (χ4n) is 1.42. The van der Waals surface area contributed by atoms with Crippen LogP contribution in [0.5, 0.6) is 0 Å². The Kier molecular flexibility index (Phi) is 3.75. The highest BCUT2D eigenvalue weighted by Crippen LogP contribution is 2.22. The number of aryl methyl sites for hydroxylation is 1. The van der Waals surface area contributed by atoms with Gasteiger partial charge in [-0.2, -0.15) is 0 Å². The quantitative estimate of drug-likeness (QED) is 0.687. The van der Waals surface area contributed by atoms with Crippen molar-refractivity contribution < 1.29 is 0 Å². The highest BCUT2D eigenvalue weighted by molar-refractivity contribution is 7.14. The van der Waals surface area contributed by atoms with Gasteiger partial charge in [0.15, 0.2) is 0 Å². The summed E-state index contributed by atoms with van der Waals surface area (Å²) in [6.45, 7) is 4.18. The smallest absolute Gasteiger partial charge is 0.0277 e. The van der Waals surface area contributed by atoms with Crippen LogP contribution in [0, 0.1) is 6.92 Å². The van der Waals surface area contributed by atoms with E-state index in [1.807, 2.05) is 29.6 Å². The Morgan fingerprint density at radius 2 is 1.38 bits per heavy atom. The minimum Gasteiger partial charge on any atom is -0.141 e. The lowest BCUT2D eigenvalue weighted by Gasteiger charge is -1.84. The van der Waals surface area contributed by atoms with Crippen LogP contribution >= 0.6 is 22.7 Å². The molecule has 0 atom stereocenters. The lowest BCUT2D eigenvalue weighted by molar-refractivity contribution is 1.64. The van der Waals surface area contributed by atoms with E-state index in [-0.39, 0.29) is 0 Å². The molecule has 82 valence electrons. The van der Waals surface area contributed by atoms with Crippen molar-refractivity contribution in [3.63, 3.8) is 0 Å². The summed E-state index contributed by atoms with van der Waals surface area (Å²) in [5.74, 6) is 0. The molecule has 0 aliphatic heterocycles. The number of hydrogen-bond acceptors (Lipinski definition) is 2. The van der Waals surface area contributed by atoms with E-state index in [1.54, 1.807) is 0 Å². The van der Waals surface area contributed by atoms with Gasteiger partial charge >= 0.3 is 0 Å². The third-order valence-corrected chi connectivity index (χ3v) is 4.13. The lowest BCUT2D eigenvalue weighted by atomic mass is 10.3. The van der Waals surface area contributed by atoms with E-state index in [9.17, 15) is 0 Å². The Morgan fingerprint density at radius 1 is 0.812 bits per heavy atom. The molecular weight excluding hydrogens is 232 g/mol. The van der Waals surface area contributed by atoms with E-state index in [2.05, 4.69) is 55.5 Å². The molecular formula is C14H14S2. The summed E-state index contributed by atoms with van der Waals surface area (Å²) in [6, 6.07) is 8.64. The predicted molar refractivity (Wildman–Crippen MR) is 77.0 cm³/mol. The third-order valence-electron chi connectivity index (χ3n) is 2.15. The molecule has 0 amide bonds. The van der Waals surface area contributed by atoms with E-state index in [4.69, 9.17) is 0 Å². The molecule has 0 aromatic carbocycles. The summed E-state index contributed by atoms with van der Waals surface area (Å²) >= 11 is 3.64. The first-order chi connectivity index (χ1) is 7.78. The van der Waals surface area contributed by atoms with Gasteiger partial charge in [-0.05, 0) is 56.3 Å². The second kappa shape index (κ2) is 5.28. The van der Waals surface area contributed by atoms with E-state index in [0.717, 1.165) is 0 Å². The number of allylic oxidation sites excluding steroid dienone is 1. The number of rotatable bonds is 3. The molecule has 0 bridgehead atoms. The van der Waals surface area contributed by atoms with Crippen molar-refractivity contribution in [3.05, 3.63) is 49.9 Å². The van der Waals surface area contributed by atoms with E-state index in [0.29, 0.717) is 0 Å². The molecule has 16 heavy (non-hydrogen) atoms. The molecule has 0 radical (unpaired) electrons. The number of hydrogen-bond donors (Lipinski definition) is 0. The molecule has 2 aromatic rings. The SMILES string of the molecule is C/C=C/c1ccc(/C=C/c2ccc(C)s2)s1. The Morgan fingerprint density at radius 3 is 1.94 bits per heavy atom. The molecule has 0 aliphatic rings. The van der Waals surface area contributed by atoms with Gasteiger partial charge in [-0.3, -0.25) is 0 Å². The molecule has 2 aromatic heterocycles. The largest absolute Gasteiger partial charge is 0.141 e. The second-order valence-electron chi connectivity index (χ2n) is 3.52. The molecule has 2 heteroatoms. The van der Waals surface area contributed by atoms with Crippen LogP contribution < -0.4 is 0 Å². The normalized spacial score (nSPS) is 11.9. The standard InChI is InChI=1S/C14H14S2/c1-3-4-12-7-9-14(16-12)10-8-13-6-5-11(2)15-13/h3-10H,1-2H3/b4-3+,10-8+. The van der Waals surface area contributed by atoms with Gasteiger partial charge < -0.3 is 0 Å². The minimum absolute atomic E-state index is 1.30. The molecule has 2 rings (SSSR count). The predicted octanol–water partition coefficient (Wildman–Crippen LogP) is 5.32. The van der Waals surface area contributed by atoms with Crippen LogP contribution in [0.15, 0.2) is 30.3 Å². The Labute approximate surface area is 105 Å². The van der Waals surface area contributed by atoms with Crippen LogP contribution in [0.1, 0.15) is 26.4 Å². The van der Waals surface area contributed by atoms with E-state index >= 15 is 0 Å². The third kappa shape index (κ3) is 2.94. The summed E-state index contributed by atoms with van der Waals surface area (Å²) < 4.78 is 0. The average molecular weight is 246 g/mol. The maximum absolute atomic E-state index is 2.18. The molecule has 0 saturated carbocycles. The van der Waals surface area contributed by atoms with Crippen molar-refractivity contribution in [3.8, 4) is 0 Å². The summed E-state index contributed by atoms with van der Waals surface area (Å²) in [5, 5.41) is 0. The number of thiophene rings is 2. The van der Waals surface area contributed by atoms with Crippen LogP contribution in [0.25, 0.3) is 18.2 Å². The van der Waals surface area contributed by atoms with Gasteiger partial charge in [0, 0.05) is 19.5 Å².